The molecule has 0 aliphatic carbocycles. The van der Waals surface area contributed by atoms with Crippen LogP contribution < -0.4 is 5.73 Å². The van der Waals surface area contributed by atoms with Crippen LogP contribution >= 0.6 is 15.9 Å². The summed E-state index contributed by atoms with van der Waals surface area (Å²) in [6, 6.07) is 1.01. The number of halogens is 3. The first-order valence-electron chi connectivity index (χ1n) is 4.23. The van der Waals surface area contributed by atoms with E-state index >= 15 is 0 Å². The zero-order valence-corrected chi connectivity index (χ0v) is 9.92. The van der Waals surface area contributed by atoms with Gasteiger partial charge in [0, 0.05) is 5.33 Å². The number of alkyl halides is 3. The van der Waals surface area contributed by atoms with Gasteiger partial charge in [0.15, 0.2) is 0 Å². The summed E-state index contributed by atoms with van der Waals surface area (Å²) in [5.41, 5.74) is 5.14. The lowest BCUT2D eigenvalue weighted by atomic mass is 10.1. The quantitative estimate of drug-likeness (QED) is 0.686. The second kappa shape index (κ2) is 5.20. The number of pyridine rings is 1. The second-order valence-electron chi connectivity index (χ2n) is 2.88. The van der Waals surface area contributed by atoms with Gasteiger partial charge < -0.3 is 10.5 Å². The summed E-state index contributed by atoms with van der Waals surface area (Å²) in [6.45, 7) is 0. The maximum absolute atomic E-state index is 12.5. The first-order chi connectivity index (χ1) is 7.51. The highest BCUT2D eigenvalue weighted by molar-refractivity contribution is 9.08. The Morgan fingerprint density at radius 1 is 1.69 bits per heavy atom. The first kappa shape index (κ1) is 12.8. The molecule has 0 aliphatic heterocycles. The third-order valence-corrected chi connectivity index (χ3v) is 2.46. The fraction of sp³-hybridized carbons (Fsp3) is 0.333. The molecule has 0 saturated carbocycles. The molecule has 0 saturated heterocycles. The zero-order chi connectivity index (χ0) is 12.3. The van der Waals surface area contributed by atoms with Gasteiger partial charge in [-0.25, -0.2) is 18.6 Å². The van der Waals surface area contributed by atoms with E-state index in [9.17, 15) is 13.6 Å². The van der Waals surface area contributed by atoms with E-state index in [1.165, 1.54) is 7.11 Å². The smallest absolute Gasteiger partial charge is 0.339 e. The van der Waals surface area contributed by atoms with Crippen LogP contribution in [0.5, 0.6) is 0 Å². The average Bonchev–Trinajstić information content (AvgIpc) is 2.27. The Labute approximate surface area is 98.9 Å². The van der Waals surface area contributed by atoms with Crippen molar-refractivity contribution in [2.75, 3.05) is 12.8 Å². The number of hydrogen-bond donors (Lipinski definition) is 1. The topological polar surface area (TPSA) is 65.2 Å². The number of methoxy groups -OCH3 is 1. The van der Waals surface area contributed by atoms with Crippen LogP contribution in [0.1, 0.15) is 28.0 Å². The molecule has 0 atom stereocenters. The van der Waals surface area contributed by atoms with E-state index in [0.717, 1.165) is 6.07 Å². The van der Waals surface area contributed by atoms with Crippen LogP contribution in [0.2, 0.25) is 0 Å². The van der Waals surface area contributed by atoms with Crippen LogP contribution in [-0.2, 0) is 10.1 Å². The summed E-state index contributed by atoms with van der Waals surface area (Å²) < 4.78 is 29.5. The first-order valence-corrected chi connectivity index (χ1v) is 5.35. The number of aromatic nitrogens is 1. The van der Waals surface area contributed by atoms with E-state index in [1.807, 2.05) is 0 Å². The largest absolute Gasteiger partial charge is 0.465 e. The molecule has 0 radical (unpaired) electrons. The van der Waals surface area contributed by atoms with Crippen LogP contribution in [0.3, 0.4) is 0 Å². The number of carbonyl (C=O) groups is 1. The van der Waals surface area contributed by atoms with Crippen LogP contribution in [0, 0.1) is 0 Å². The summed E-state index contributed by atoms with van der Waals surface area (Å²) in [7, 11) is 1.17. The van der Waals surface area contributed by atoms with Gasteiger partial charge in [0.1, 0.15) is 5.82 Å². The Morgan fingerprint density at radius 3 is 2.75 bits per heavy atom. The maximum atomic E-state index is 12.5. The van der Waals surface area contributed by atoms with Gasteiger partial charge in [-0.2, -0.15) is 0 Å². The van der Waals surface area contributed by atoms with Gasteiger partial charge in [-0.15, -0.1) is 0 Å². The number of nitrogens with two attached hydrogens (primary N) is 1. The minimum atomic E-state index is -2.78. The molecule has 1 aromatic heterocycles. The lowest BCUT2D eigenvalue weighted by molar-refractivity contribution is 0.0599. The predicted molar refractivity (Wildman–Crippen MR) is 57.6 cm³/mol. The van der Waals surface area contributed by atoms with E-state index in [2.05, 4.69) is 25.7 Å². The fourth-order valence-corrected chi connectivity index (χ4v) is 1.57. The van der Waals surface area contributed by atoms with E-state index < -0.39 is 18.0 Å². The summed E-state index contributed by atoms with van der Waals surface area (Å²) in [5.74, 6) is -0.999. The maximum Gasteiger partial charge on any atom is 0.339 e. The van der Waals surface area contributed by atoms with Crippen molar-refractivity contribution < 1.29 is 18.3 Å². The Bertz CT molecular complexity index is 413. The van der Waals surface area contributed by atoms with Gasteiger partial charge in [0.05, 0.1) is 23.9 Å². The van der Waals surface area contributed by atoms with Gasteiger partial charge in [-0.3, -0.25) is 0 Å². The SMILES string of the molecule is COC(=O)c1cc(C(F)F)c(N)nc1CBr. The summed E-state index contributed by atoms with van der Waals surface area (Å²) >= 11 is 3.09. The Morgan fingerprint density at radius 2 is 2.31 bits per heavy atom. The number of nitrogen functional groups attached to an aromatic ring is 1. The molecular formula is C9H9BrF2N2O2. The van der Waals surface area contributed by atoms with E-state index in [4.69, 9.17) is 5.73 Å². The van der Waals surface area contributed by atoms with Crippen molar-refractivity contribution in [2.24, 2.45) is 0 Å². The van der Waals surface area contributed by atoms with Gasteiger partial charge in [0.25, 0.3) is 6.43 Å². The number of hydrogen-bond acceptors (Lipinski definition) is 4. The molecule has 1 aromatic rings. The molecule has 0 bridgehead atoms. The minimum absolute atomic E-state index is 0.0103. The number of carbonyl (C=O) groups excluding carboxylic acids is 1. The average molecular weight is 295 g/mol. The second-order valence-corrected chi connectivity index (χ2v) is 3.44. The van der Waals surface area contributed by atoms with Crippen molar-refractivity contribution in [2.45, 2.75) is 11.8 Å². The molecule has 0 amide bonds. The van der Waals surface area contributed by atoms with Crippen LogP contribution in [0.4, 0.5) is 14.6 Å². The standard InChI is InChI=1S/C9H9BrF2N2O2/c1-16-9(15)4-2-5(7(11)12)8(13)14-6(4)3-10/h2,7H,3H2,1H3,(H2,13,14). The predicted octanol–water partition coefficient (Wildman–Crippen LogP) is 2.28. The van der Waals surface area contributed by atoms with Gasteiger partial charge in [-0.05, 0) is 6.07 Å². The molecule has 1 heterocycles. The van der Waals surface area contributed by atoms with Crippen molar-refractivity contribution in [1.29, 1.82) is 0 Å². The van der Waals surface area contributed by atoms with Gasteiger partial charge in [0.2, 0.25) is 0 Å². The number of nitrogens with zero attached hydrogens (tertiary/aromatic N) is 1. The summed E-state index contributed by atoms with van der Waals surface area (Å²) in [6.07, 6.45) is -2.78. The fourth-order valence-electron chi connectivity index (χ4n) is 1.15. The number of anilines is 1. The number of ether oxygens (including phenoxy) is 1. The van der Waals surface area contributed by atoms with Crippen molar-refractivity contribution in [3.8, 4) is 0 Å². The lowest BCUT2D eigenvalue weighted by Gasteiger charge is -2.09. The van der Waals surface area contributed by atoms with Crippen molar-refractivity contribution in [3.05, 3.63) is 22.9 Å². The van der Waals surface area contributed by atoms with E-state index in [-0.39, 0.29) is 22.4 Å². The molecule has 0 aromatic carbocycles. The lowest BCUT2D eigenvalue weighted by Crippen LogP contribution is -2.10. The van der Waals surface area contributed by atoms with Crippen molar-refractivity contribution >= 4 is 27.7 Å². The molecule has 0 fully saturated rings. The molecule has 4 nitrogen and oxygen atoms in total. The molecule has 0 unspecified atom stereocenters. The van der Waals surface area contributed by atoms with Crippen molar-refractivity contribution in [3.63, 3.8) is 0 Å². The highest BCUT2D eigenvalue weighted by Crippen LogP contribution is 2.27. The van der Waals surface area contributed by atoms with E-state index in [0.29, 0.717) is 0 Å². The summed E-state index contributed by atoms with van der Waals surface area (Å²) in [5, 5.41) is 0.227. The molecule has 0 spiro atoms. The number of esters is 1. The Kier molecular flexibility index (Phi) is 4.17. The molecule has 7 heteroatoms. The molecule has 0 aliphatic rings. The Hall–Kier alpha value is -1.24. The third-order valence-electron chi connectivity index (χ3n) is 1.93. The molecule has 88 valence electrons. The van der Waals surface area contributed by atoms with Crippen LogP contribution in [0.25, 0.3) is 0 Å². The van der Waals surface area contributed by atoms with E-state index in [1.54, 1.807) is 0 Å². The number of rotatable bonds is 3. The van der Waals surface area contributed by atoms with Crippen LogP contribution in [0.15, 0.2) is 6.07 Å². The van der Waals surface area contributed by atoms with Crippen molar-refractivity contribution in [1.82, 2.24) is 4.98 Å². The summed E-state index contributed by atoms with van der Waals surface area (Å²) in [4.78, 5) is 15.0. The molecule has 1 rings (SSSR count). The van der Waals surface area contributed by atoms with Gasteiger partial charge in [-0.1, -0.05) is 15.9 Å². The normalized spacial score (nSPS) is 10.6. The highest BCUT2D eigenvalue weighted by Gasteiger charge is 2.20. The minimum Gasteiger partial charge on any atom is -0.465 e. The zero-order valence-electron chi connectivity index (χ0n) is 8.34. The molecular weight excluding hydrogens is 286 g/mol. The third kappa shape index (κ3) is 2.46. The molecule has 2 N–H and O–H groups in total. The highest BCUT2D eigenvalue weighted by atomic mass is 79.9. The van der Waals surface area contributed by atoms with Gasteiger partial charge >= 0.3 is 5.97 Å². The monoisotopic (exact) mass is 294 g/mol. The molecule has 16 heavy (non-hydrogen) atoms. The van der Waals surface area contributed by atoms with Crippen LogP contribution in [-0.4, -0.2) is 18.1 Å². The Balaban J connectivity index is 3.34.